The summed E-state index contributed by atoms with van der Waals surface area (Å²) in [6, 6.07) is 12.8. The van der Waals surface area contributed by atoms with Crippen LogP contribution >= 0.6 is 0 Å². The van der Waals surface area contributed by atoms with Crippen LogP contribution in [0.1, 0.15) is 24.2 Å². The summed E-state index contributed by atoms with van der Waals surface area (Å²) < 4.78 is 18.4. The number of rotatable bonds is 7. The minimum Gasteiger partial charge on any atom is -0.452 e. The van der Waals surface area contributed by atoms with Gasteiger partial charge in [0.05, 0.1) is 11.3 Å². The SMILES string of the molecule is CCN(CC)c1ccc(C(=O)OCC(=O)Nc2ccccc2F)cc1. The molecule has 132 valence electrons. The fraction of sp³-hybridized carbons (Fsp3) is 0.263. The lowest BCUT2D eigenvalue weighted by Crippen LogP contribution is -2.22. The minimum atomic E-state index is -0.602. The summed E-state index contributed by atoms with van der Waals surface area (Å²) in [4.78, 5) is 25.9. The molecule has 1 N–H and O–H groups in total. The van der Waals surface area contributed by atoms with Crippen LogP contribution in [0.5, 0.6) is 0 Å². The Labute approximate surface area is 146 Å². The predicted molar refractivity (Wildman–Crippen MR) is 95.3 cm³/mol. The van der Waals surface area contributed by atoms with Gasteiger partial charge in [0, 0.05) is 18.8 Å². The highest BCUT2D eigenvalue weighted by atomic mass is 19.1. The van der Waals surface area contributed by atoms with Crippen LogP contribution in [0.3, 0.4) is 0 Å². The fourth-order valence-corrected chi connectivity index (χ4v) is 2.36. The zero-order valence-electron chi connectivity index (χ0n) is 14.3. The van der Waals surface area contributed by atoms with Crippen molar-refractivity contribution in [3.63, 3.8) is 0 Å². The number of halogens is 1. The molecule has 0 atom stereocenters. The summed E-state index contributed by atoms with van der Waals surface area (Å²) in [5, 5.41) is 2.36. The van der Waals surface area contributed by atoms with Gasteiger partial charge in [-0.3, -0.25) is 4.79 Å². The smallest absolute Gasteiger partial charge is 0.338 e. The number of benzene rings is 2. The maximum Gasteiger partial charge on any atom is 0.338 e. The van der Waals surface area contributed by atoms with Gasteiger partial charge in [0.2, 0.25) is 0 Å². The molecule has 0 aromatic heterocycles. The Morgan fingerprint density at radius 3 is 2.28 bits per heavy atom. The maximum absolute atomic E-state index is 13.4. The molecule has 5 nitrogen and oxygen atoms in total. The lowest BCUT2D eigenvalue weighted by molar-refractivity contribution is -0.119. The van der Waals surface area contributed by atoms with E-state index in [-0.39, 0.29) is 5.69 Å². The highest BCUT2D eigenvalue weighted by Gasteiger charge is 2.12. The molecule has 2 aromatic carbocycles. The van der Waals surface area contributed by atoms with E-state index >= 15 is 0 Å². The number of carbonyl (C=O) groups excluding carboxylic acids is 2. The van der Waals surface area contributed by atoms with E-state index in [1.807, 2.05) is 12.1 Å². The van der Waals surface area contributed by atoms with Crippen molar-refractivity contribution >= 4 is 23.3 Å². The predicted octanol–water partition coefficient (Wildman–Crippen LogP) is 3.47. The number of amides is 1. The van der Waals surface area contributed by atoms with Crippen molar-refractivity contribution in [2.24, 2.45) is 0 Å². The van der Waals surface area contributed by atoms with E-state index in [0.717, 1.165) is 18.8 Å². The summed E-state index contributed by atoms with van der Waals surface area (Å²) in [7, 11) is 0. The number of hydrogen-bond donors (Lipinski definition) is 1. The Morgan fingerprint density at radius 1 is 1.04 bits per heavy atom. The van der Waals surface area contributed by atoms with E-state index in [0.29, 0.717) is 5.56 Å². The average Bonchev–Trinajstić information content (AvgIpc) is 2.63. The van der Waals surface area contributed by atoms with Crippen molar-refractivity contribution in [3.8, 4) is 0 Å². The molecule has 0 saturated carbocycles. The van der Waals surface area contributed by atoms with Gasteiger partial charge >= 0.3 is 5.97 Å². The molecule has 0 aliphatic heterocycles. The van der Waals surface area contributed by atoms with E-state index in [1.165, 1.54) is 18.2 Å². The van der Waals surface area contributed by atoms with Crippen LogP contribution < -0.4 is 10.2 Å². The van der Waals surface area contributed by atoms with Crippen molar-refractivity contribution in [2.75, 3.05) is 29.9 Å². The lowest BCUT2D eigenvalue weighted by Gasteiger charge is -2.20. The van der Waals surface area contributed by atoms with Crippen molar-refractivity contribution in [3.05, 3.63) is 59.9 Å². The molecule has 0 spiro atoms. The van der Waals surface area contributed by atoms with E-state index in [1.54, 1.807) is 18.2 Å². The highest BCUT2D eigenvalue weighted by Crippen LogP contribution is 2.16. The zero-order valence-corrected chi connectivity index (χ0v) is 14.3. The summed E-state index contributed by atoms with van der Waals surface area (Å²) in [6.45, 7) is 5.37. The van der Waals surface area contributed by atoms with E-state index in [9.17, 15) is 14.0 Å². The molecule has 0 aliphatic carbocycles. The Hall–Kier alpha value is -2.89. The molecule has 25 heavy (non-hydrogen) atoms. The van der Waals surface area contributed by atoms with Gasteiger partial charge in [-0.15, -0.1) is 0 Å². The molecule has 0 radical (unpaired) electrons. The van der Waals surface area contributed by atoms with Gasteiger partial charge < -0.3 is 15.0 Å². The molecule has 6 heteroatoms. The molecule has 0 saturated heterocycles. The highest BCUT2D eigenvalue weighted by molar-refractivity contribution is 5.95. The van der Waals surface area contributed by atoms with Gasteiger partial charge in [-0.1, -0.05) is 12.1 Å². The van der Waals surface area contributed by atoms with Crippen LogP contribution in [0, 0.1) is 5.82 Å². The van der Waals surface area contributed by atoms with Gasteiger partial charge in [0.15, 0.2) is 6.61 Å². The first-order chi connectivity index (χ1) is 12.0. The van der Waals surface area contributed by atoms with Crippen LogP contribution in [-0.2, 0) is 9.53 Å². The third-order valence-electron chi connectivity index (χ3n) is 3.71. The standard InChI is InChI=1S/C19H21FN2O3/c1-3-22(4-2)15-11-9-14(10-12-15)19(24)25-13-18(23)21-17-8-6-5-7-16(17)20/h5-12H,3-4,13H2,1-2H3,(H,21,23). The number of ether oxygens (including phenoxy) is 1. The first kappa shape index (κ1) is 18.4. The lowest BCUT2D eigenvalue weighted by atomic mass is 10.2. The van der Waals surface area contributed by atoms with Gasteiger partial charge in [0.25, 0.3) is 5.91 Å². The van der Waals surface area contributed by atoms with Crippen LogP contribution in [-0.4, -0.2) is 31.6 Å². The molecular formula is C19H21FN2O3. The van der Waals surface area contributed by atoms with E-state index < -0.39 is 24.3 Å². The van der Waals surface area contributed by atoms with E-state index in [4.69, 9.17) is 4.74 Å². The number of nitrogens with one attached hydrogen (secondary N) is 1. The second-order valence-electron chi connectivity index (χ2n) is 5.32. The molecule has 1 amide bonds. The van der Waals surface area contributed by atoms with Crippen LogP contribution in [0.4, 0.5) is 15.8 Å². The van der Waals surface area contributed by atoms with Gasteiger partial charge in [-0.25, -0.2) is 9.18 Å². The van der Waals surface area contributed by atoms with Gasteiger partial charge in [-0.2, -0.15) is 0 Å². The van der Waals surface area contributed by atoms with Gasteiger partial charge in [-0.05, 0) is 50.2 Å². The largest absolute Gasteiger partial charge is 0.452 e. The van der Waals surface area contributed by atoms with Gasteiger partial charge in [0.1, 0.15) is 5.82 Å². The third-order valence-corrected chi connectivity index (χ3v) is 3.71. The Bertz CT molecular complexity index is 728. The molecule has 0 unspecified atom stereocenters. The number of nitrogens with zero attached hydrogens (tertiary/aromatic N) is 1. The number of para-hydroxylation sites is 1. The van der Waals surface area contributed by atoms with Crippen molar-refractivity contribution in [1.82, 2.24) is 0 Å². The topological polar surface area (TPSA) is 58.6 Å². The van der Waals surface area contributed by atoms with Crippen molar-refractivity contribution < 1.29 is 18.7 Å². The molecular weight excluding hydrogens is 323 g/mol. The second-order valence-corrected chi connectivity index (χ2v) is 5.32. The Kier molecular flexibility index (Phi) is 6.51. The van der Waals surface area contributed by atoms with Crippen LogP contribution in [0.25, 0.3) is 0 Å². The molecule has 0 bridgehead atoms. The summed E-state index contributed by atoms with van der Waals surface area (Å²) in [6.07, 6.45) is 0. The Balaban J connectivity index is 1.89. The molecule has 2 aromatic rings. The molecule has 0 aliphatic rings. The number of esters is 1. The minimum absolute atomic E-state index is 0.0483. The molecule has 0 fully saturated rings. The summed E-state index contributed by atoms with van der Waals surface area (Å²) >= 11 is 0. The number of anilines is 2. The molecule has 0 heterocycles. The number of carbonyl (C=O) groups is 2. The average molecular weight is 344 g/mol. The Morgan fingerprint density at radius 2 is 1.68 bits per heavy atom. The van der Waals surface area contributed by atoms with Crippen molar-refractivity contribution in [2.45, 2.75) is 13.8 Å². The fourth-order valence-electron chi connectivity index (χ4n) is 2.36. The zero-order chi connectivity index (χ0) is 18.2. The monoisotopic (exact) mass is 344 g/mol. The normalized spacial score (nSPS) is 10.2. The number of hydrogen-bond acceptors (Lipinski definition) is 4. The summed E-state index contributed by atoms with van der Waals surface area (Å²) in [5.41, 5.74) is 1.42. The quantitative estimate of drug-likeness (QED) is 0.782. The first-order valence-corrected chi connectivity index (χ1v) is 8.11. The molecule has 2 rings (SSSR count). The van der Waals surface area contributed by atoms with E-state index in [2.05, 4.69) is 24.1 Å². The summed E-state index contributed by atoms with van der Waals surface area (Å²) in [5.74, 6) is -1.75. The second kappa shape index (κ2) is 8.82. The van der Waals surface area contributed by atoms with Crippen LogP contribution in [0.15, 0.2) is 48.5 Å². The van der Waals surface area contributed by atoms with Crippen molar-refractivity contribution in [1.29, 1.82) is 0 Å². The maximum atomic E-state index is 13.4. The third kappa shape index (κ3) is 5.04. The first-order valence-electron chi connectivity index (χ1n) is 8.11. The van der Waals surface area contributed by atoms with Crippen LogP contribution in [0.2, 0.25) is 0 Å².